The number of allylic oxidation sites excluding steroid dienone is 2. The first-order valence-corrected chi connectivity index (χ1v) is 10.2. The van der Waals surface area contributed by atoms with Crippen LogP contribution in [0.5, 0.6) is 5.75 Å². The summed E-state index contributed by atoms with van der Waals surface area (Å²) in [5, 5.41) is 0. The van der Waals surface area contributed by atoms with E-state index in [2.05, 4.69) is 6.08 Å². The number of benzene rings is 1. The number of quaternary nitrogens is 1. The highest BCUT2D eigenvalue weighted by molar-refractivity contribution is 6.21. The topological polar surface area (TPSA) is 51.0 Å². The first-order valence-electron chi connectivity index (χ1n) is 10.2. The number of anilines is 1. The monoisotopic (exact) mass is 369 g/mol. The van der Waals surface area contributed by atoms with E-state index in [4.69, 9.17) is 4.74 Å². The van der Waals surface area contributed by atoms with Crippen LogP contribution in [0.1, 0.15) is 44.9 Å². The van der Waals surface area contributed by atoms with Crippen molar-refractivity contribution in [2.24, 2.45) is 11.8 Å². The number of nitrogens with zero attached hydrogens (tertiary/aromatic N) is 1. The van der Waals surface area contributed by atoms with Gasteiger partial charge < -0.3 is 9.64 Å². The molecular formula is C22H29N2O3+. The van der Waals surface area contributed by atoms with Crippen LogP contribution in [0, 0.1) is 11.8 Å². The maximum absolute atomic E-state index is 13.2. The number of carbonyl (C=O) groups is 2. The van der Waals surface area contributed by atoms with Crippen molar-refractivity contribution in [2.45, 2.75) is 44.9 Å². The van der Waals surface area contributed by atoms with Crippen molar-refractivity contribution in [3.8, 4) is 5.75 Å². The van der Waals surface area contributed by atoms with Crippen molar-refractivity contribution in [1.29, 1.82) is 0 Å². The minimum absolute atomic E-state index is 0.0284. The number of methoxy groups -OCH3 is 1. The number of nitrogens with one attached hydrogen (secondary N) is 1. The van der Waals surface area contributed by atoms with E-state index in [0.717, 1.165) is 25.0 Å². The highest BCUT2D eigenvalue weighted by Crippen LogP contribution is 2.37. The predicted molar refractivity (Wildman–Crippen MR) is 104 cm³/mol. The summed E-state index contributed by atoms with van der Waals surface area (Å²) >= 11 is 0. The van der Waals surface area contributed by atoms with Gasteiger partial charge in [-0.3, -0.25) is 14.5 Å². The third kappa shape index (κ3) is 3.53. The summed E-state index contributed by atoms with van der Waals surface area (Å²) < 4.78 is 5.18. The molecule has 0 bridgehead atoms. The minimum atomic E-state index is -0.208. The molecule has 1 aliphatic carbocycles. The van der Waals surface area contributed by atoms with Gasteiger partial charge in [-0.05, 0) is 68.9 Å². The molecule has 0 radical (unpaired) electrons. The van der Waals surface area contributed by atoms with Crippen molar-refractivity contribution >= 4 is 17.5 Å². The second kappa shape index (κ2) is 7.85. The maximum atomic E-state index is 13.2. The molecule has 2 atom stereocenters. The highest BCUT2D eigenvalue weighted by Gasteiger charge is 2.47. The normalized spacial score (nSPS) is 27.0. The number of piperidine rings is 1. The van der Waals surface area contributed by atoms with Crippen molar-refractivity contribution in [3.63, 3.8) is 0 Å². The second-order valence-electron chi connectivity index (χ2n) is 7.94. The van der Waals surface area contributed by atoms with Crippen LogP contribution in [0.2, 0.25) is 0 Å². The molecule has 2 saturated heterocycles. The molecule has 0 saturated carbocycles. The SMILES string of the molecule is COc1ccc(N2C(=O)C[C@H]([C@@H]3CCCC=C3[NH+]3CCCCC3)C2=O)cc1. The van der Waals surface area contributed by atoms with Gasteiger partial charge in [0.1, 0.15) is 11.4 Å². The average Bonchev–Trinajstić information content (AvgIpc) is 3.02. The van der Waals surface area contributed by atoms with Crippen LogP contribution < -0.4 is 14.5 Å². The third-order valence-corrected chi connectivity index (χ3v) is 6.35. The fourth-order valence-electron chi connectivity index (χ4n) is 4.97. The van der Waals surface area contributed by atoms with Crippen molar-refractivity contribution < 1.29 is 19.2 Å². The molecule has 3 aliphatic rings. The molecular weight excluding hydrogens is 340 g/mol. The number of likely N-dealkylation sites (tertiary alicyclic amines) is 1. The standard InChI is InChI=1S/C22H28N2O3/c1-27-17-11-9-16(10-12-17)24-21(25)15-19(22(24)26)18-7-3-4-8-20(18)23-13-5-2-6-14-23/h8-12,18-19H,2-7,13-15H2,1H3/p+1/t18-,19+/m0/s1. The van der Waals surface area contributed by atoms with Gasteiger partial charge in [0.2, 0.25) is 11.8 Å². The largest absolute Gasteiger partial charge is 0.497 e. The third-order valence-electron chi connectivity index (χ3n) is 6.35. The average molecular weight is 369 g/mol. The van der Waals surface area contributed by atoms with E-state index in [9.17, 15) is 9.59 Å². The molecule has 2 amide bonds. The summed E-state index contributed by atoms with van der Waals surface area (Å²) in [6, 6.07) is 7.19. The fourth-order valence-corrected chi connectivity index (χ4v) is 4.97. The summed E-state index contributed by atoms with van der Waals surface area (Å²) in [5.41, 5.74) is 2.06. The van der Waals surface area contributed by atoms with Gasteiger partial charge in [0, 0.05) is 12.3 Å². The van der Waals surface area contributed by atoms with Crippen LogP contribution in [0.15, 0.2) is 36.0 Å². The molecule has 144 valence electrons. The van der Waals surface area contributed by atoms with Crippen LogP contribution in [0.4, 0.5) is 5.69 Å². The zero-order valence-electron chi connectivity index (χ0n) is 16.1. The summed E-state index contributed by atoms with van der Waals surface area (Å²) in [4.78, 5) is 28.9. The van der Waals surface area contributed by atoms with Gasteiger partial charge in [-0.15, -0.1) is 0 Å². The highest BCUT2D eigenvalue weighted by atomic mass is 16.5. The lowest BCUT2D eigenvalue weighted by molar-refractivity contribution is -0.870. The van der Waals surface area contributed by atoms with Gasteiger partial charge in [0.05, 0.1) is 31.8 Å². The first-order chi connectivity index (χ1) is 13.2. The first kappa shape index (κ1) is 18.2. The second-order valence-corrected chi connectivity index (χ2v) is 7.94. The zero-order chi connectivity index (χ0) is 18.8. The Morgan fingerprint density at radius 2 is 1.74 bits per heavy atom. The maximum Gasteiger partial charge on any atom is 0.238 e. The molecule has 2 fully saturated rings. The van der Waals surface area contributed by atoms with Crippen molar-refractivity contribution in [1.82, 2.24) is 0 Å². The molecule has 4 rings (SSSR count). The van der Waals surface area contributed by atoms with Crippen LogP contribution in [-0.2, 0) is 9.59 Å². The molecule has 0 unspecified atom stereocenters. The Bertz CT molecular complexity index is 734. The van der Waals surface area contributed by atoms with Crippen molar-refractivity contribution in [3.05, 3.63) is 36.0 Å². The predicted octanol–water partition coefficient (Wildman–Crippen LogP) is 2.33. The zero-order valence-corrected chi connectivity index (χ0v) is 16.1. The van der Waals surface area contributed by atoms with E-state index < -0.39 is 0 Å². The van der Waals surface area contributed by atoms with Gasteiger partial charge in [-0.2, -0.15) is 0 Å². The Balaban J connectivity index is 1.56. The lowest BCUT2D eigenvalue weighted by atomic mass is 9.80. The Labute approximate surface area is 161 Å². The molecule has 2 heterocycles. The van der Waals surface area contributed by atoms with Crippen LogP contribution in [-0.4, -0.2) is 32.0 Å². The number of amides is 2. The molecule has 1 aromatic rings. The molecule has 5 heteroatoms. The molecule has 0 spiro atoms. The Morgan fingerprint density at radius 3 is 2.44 bits per heavy atom. The van der Waals surface area contributed by atoms with Crippen molar-refractivity contribution in [2.75, 3.05) is 25.1 Å². The number of rotatable bonds is 4. The van der Waals surface area contributed by atoms with Crippen LogP contribution >= 0.6 is 0 Å². The molecule has 2 aliphatic heterocycles. The minimum Gasteiger partial charge on any atom is -0.497 e. The van der Waals surface area contributed by atoms with Gasteiger partial charge in [-0.1, -0.05) is 0 Å². The molecule has 1 aromatic carbocycles. The smallest absolute Gasteiger partial charge is 0.238 e. The van der Waals surface area contributed by atoms with E-state index in [1.807, 2.05) is 0 Å². The van der Waals surface area contributed by atoms with Crippen LogP contribution in [0.25, 0.3) is 0 Å². The van der Waals surface area contributed by atoms with E-state index in [0.29, 0.717) is 12.1 Å². The summed E-state index contributed by atoms with van der Waals surface area (Å²) in [6.07, 6.45) is 9.77. The van der Waals surface area contributed by atoms with E-state index in [1.165, 1.54) is 42.9 Å². The number of hydrogen-bond donors (Lipinski definition) is 1. The van der Waals surface area contributed by atoms with E-state index in [-0.39, 0.29) is 23.7 Å². The number of carbonyl (C=O) groups excluding carboxylic acids is 2. The number of ether oxygens (including phenoxy) is 1. The number of imide groups is 1. The molecule has 1 N–H and O–H groups in total. The van der Waals surface area contributed by atoms with Gasteiger partial charge >= 0.3 is 0 Å². The molecule has 5 nitrogen and oxygen atoms in total. The lowest BCUT2D eigenvalue weighted by Crippen LogP contribution is -3.11. The summed E-state index contributed by atoms with van der Waals surface area (Å²) in [6.45, 7) is 2.33. The van der Waals surface area contributed by atoms with E-state index >= 15 is 0 Å². The number of hydrogen-bond acceptors (Lipinski definition) is 3. The van der Waals surface area contributed by atoms with Gasteiger partial charge in [0.15, 0.2) is 0 Å². The van der Waals surface area contributed by atoms with E-state index in [1.54, 1.807) is 36.3 Å². The summed E-state index contributed by atoms with van der Waals surface area (Å²) in [7, 11) is 1.61. The quantitative estimate of drug-likeness (QED) is 0.829. The van der Waals surface area contributed by atoms with Crippen LogP contribution in [0.3, 0.4) is 0 Å². The van der Waals surface area contributed by atoms with Gasteiger partial charge in [-0.25, -0.2) is 0 Å². The molecule has 0 aromatic heterocycles. The fraction of sp³-hybridized carbons (Fsp3) is 0.545. The van der Waals surface area contributed by atoms with Gasteiger partial charge in [0.25, 0.3) is 0 Å². The molecule has 27 heavy (non-hydrogen) atoms. The Kier molecular flexibility index (Phi) is 5.30. The summed E-state index contributed by atoms with van der Waals surface area (Å²) in [5.74, 6) is 0.626. The lowest BCUT2D eigenvalue weighted by Gasteiger charge is -2.34. The Hall–Kier alpha value is -2.14. The Morgan fingerprint density at radius 1 is 1.00 bits per heavy atom.